The number of fused-ring (bicyclic) bond motifs is 5. The molecule has 0 bridgehead atoms. The highest BCUT2D eigenvalue weighted by Crippen LogP contribution is 2.69. The normalized spacial score (nSPS) is 17.6. The Labute approximate surface area is 849 Å². The lowest BCUT2D eigenvalue weighted by molar-refractivity contribution is 0.416. The molecule has 0 saturated carbocycles. The van der Waals surface area contributed by atoms with Crippen molar-refractivity contribution in [3.05, 3.63) is 372 Å². The van der Waals surface area contributed by atoms with E-state index in [1.807, 2.05) is 0 Å². The Morgan fingerprint density at radius 3 is 0.950 bits per heavy atom. The largest absolute Gasteiger partial charge is 0.496 e. The standard InChI is InChI=1S/C39H48NOP.C36H36NOP.C28H34NOP.C26H30NOP/c1-25(2)29-22-28(6)33(32(23-29)26(3)4)24-36-40(30-17-12-11-13-18-30)34-20-15-19-31(38(34)42(36)39(7,8)9)37-27(5)16-14-21-35(37)41-10;1-25-14-11-23-32(38-5)34(25)30-21-13-22-31-35(30)39(36(2,3)4)33(37(31)28-18-7-6-8-19-28)24-27-17-12-16-26-15-9-10-20-29(26)27;1-19(2)27-29(21-14-9-8-10-15-21)23-17-12-16-22(26(23)31(27)28(4,5)6)25-20(3)13-11-18-24(25)30-7;1-18-12-10-17-23(28-6)24(18)21-15-11-16-22-25(21)29(26(3,4)5)19(2)27(22)20-13-8-7-9-14-20/h11-23,25-26,36H,24H2,1-10H3;6-23,33H,24H2,1-5H3;8-19,27H,1-7H3;7-17,19H,1-6H3. The van der Waals surface area contributed by atoms with E-state index in [9.17, 15) is 0 Å². The molecule has 0 saturated heterocycles. The van der Waals surface area contributed by atoms with E-state index in [2.05, 4.69) is 507 Å². The number of methoxy groups -OCH3 is 4. The highest BCUT2D eigenvalue weighted by molar-refractivity contribution is 7.70. The number of ether oxygens (including phenoxy) is 4. The van der Waals surface area contributed by atoms with Crippen molar-refractivity contribution < 1.29 is 18.9 Å². The summed E-state index contributed by atoms with van der Waals surface area (Å²) in [5.41, 5.74) is 33.0. The minimum absolute atomic E-state index is 0.0913. The van der Waals surface area contributed by atoms with E-state index in [4.69, 9.17) is 18.9 Å². The van der Waals surface area contributed by atoms with Gasteiger partial charge < -0.3 is 38.5 Å². The fourth-order valence-electron chi connectivity index (χ4n) is 22.7. The molecule has 0 radical (unpaired) electrons. The van der Waals surface area contributed by atoms with Crippen LogP contribution >= 0.6 is 31.7 Å². The number of para-hydroxylation sites is 4. The topological polar surface area (TPSA) is 49.9 Å². The molecule has 8 unspecified atom stereocenters. The van der Waals surface area contributed by atoms with Crippen LogP contribution in [-0.4, -0.2) is 72.2 Å². The van der Waals surface area contributed by atoms with Gasteiger partial charge >= 0.3 is 0 Å². The highest BCUT2D eigenvalue weighted by Gasteiger charge is 2.52. The van der Waals surface area contributed by atoms with Gasteiger partial charge in [-0.15, -0.1) is 0 Å². The minimum atomic E-state index is -0.620. The van der Waals surface area contributed by atoms with Crippen molar-refractivity contribution in [2.75, 3.05) is 48.0 Å². The van der Waals surface area contributed by atoms with Gasteiger partial charge in [0, 0.05) is 66.2 Å². The highest BCUT2D eigenvalue weighted by atomic mass is 31.1. The van der Waals surface area contributed by atoms with Gasteiger partial charge in [-0.05, 0) is 305 Å². The number of hydrogen-bond acceptors (Lipinski definition) is 8. The van der Waals surface area contributed by atoms with Crippen LogP contribution < -0.4 is 59.8 Å². The number of hydrogen-bond donors (Lipinski definition) is 0. The van der Waals surface area contributed by atoms with E-state index in [0.717, 1.165) is 35.8 Å². The van der Waals surface area contributed by atoms with Gasteiger partial charge in [0.25, 0.3) is 0 Å². The van der Waals surface area contributed by atoms with Crippen molar-refractivity contribution in [2.45, 2.75) is 235 Å². The molecule has 0 aromatic heterocycles. The van der Waals surface area contributed by atoms with E-state index in [-0.39, 0.29) is 20.6 Å². The number of rotatable bonds is 19. The van der Waals surface area contributed by atoms with Gasteiger partial charge in [-0.1, -0.05) is 349 Å². The summed E-state index contributed by atoms with van der Waals surface area (Å²) in [7, 11) is 5.00. The average molecular weight is 1940 g/mol. The van der Waals surface area contributed by atoms with Crippen LogP contribution in [0, 0.1) is 40.5 Å². The molecule has 8 nitrogen and oxygen atoms in total. The fraction of sp³-hybridized carbons (Fsp3) is 0.318. The first-order valence-corrected chi connectivity index (χ1v) is 56.3. The molecule has 0 fully saturated rings. The van der Waals surface area contributed by atoms with Crippen molar-refractivity contribution in [1.82, 2.24) is 0 Å². The predicted molar refractivity (Wildman–Crippen MR) is 619 cm³/mol. The molecule has 4 heterocycles. The molecule has 4 aliphatic rings. The quantitative estimate of drug-likeness (QED) is 0.0743. The molecule has 15 aromatic rings. The molecular weight excluding hydrogens is 1790 g/mol. The van der Waals surface area contributed by atoms with Crippen molar-refractivity contribution in [3.63, 3.8) is 0 Å². The van der Waals surface area contributed by atoms with E-state index in [1.54, 1.807) is 28.4 Å². The average Bonchev–Trinajstić information content (AvgIpc) is 1.56. The summed E-state index contributed by atoms with van der Waals surface area (Å²) in [4.78, 5) is 10.5. The van der Waals surface area contributed by atoms with Crippen LogP contribution in [0.15, 0.2) is 322 Å². The second kappa shape index (κ2) is 42.7. The van der Waals surface area contributed by atoms with E-state index in [0.29, 0.717) is 40.9 Å². The van der Waals surface area contributed by atoms with Crippen LogP contribution in [0.2, 0.25) is 0 Å². The molecule has 15 aromatic carbocycles. The molecule has 4 aliphatic heterocycles. The lowest BCUT2D eigenvalue weighted by Crippen LogP contribution is -2.34. The number of nitrogens with zero attached hydrogens (tertiary/aromatic N) is 4. The van der Waals surface area contributed by atoms with Crippen molar-refractivity contribution >= 4 is 109 Å². The van der Waals surface area contributed by atoms with Crippen LogP contribution in [-0.2, 0) is 12.8 Å². The fourth-order valence-corrected chi connectivity index (χ4v) is 37.1. The molecule has 0 spiro atoms. The maximum Gasteiger partial charge on any atom is 0.126 e. The van der Waals surface area contributed by atoms with Crippen LogP contribution in [0.5, 0.6) is 23.0 Å². The Balaban J connectivity index is 0.000000137. The summed E-state index contributed by atoms with van der Waals surface area (Å²) in [6.07, 6.45) is 2.01. The van der Waals surface area contributed by atoms with Crippen LogP contribution in [0.25, 0.3) is 55.3 Å². The number of benzene rings is 15. The van der Waals surface area contributed by atoms with Crippen LogP contribution in [0.1, 0.15) is 193 Å². The summed E-state index contributed by atoms with van der Waals surface area (Å²) in [6, 6.07) is 117. The van der Waals surface area contributed by atoms with Gasteiger partial charge in [-0.25, -0.2) is 0 Å². The van der Waals surface area contributed by atoms with Gasteiger partial charge in [0.2, 0.25) is 0 Å². The second-order valence-corrected chi connectivity index (χ2v) is 55.9. The lowest BCUT2D eigenvalue weighted by Gasteiger charge is -2.39. The van der Waals surface area contributed by atoms with Crippen molar-refractivity contribution in [1.29, 1.82) is 0 Å². The van der Waals surface area contributed by atoms with Gasteiger partial charge in [0.1, 0.15) is 23.0 Å². The van der Waals surface area contributed by atoms with Gasteiger partial charge in [0.15, 0.2) is 0 Å². The molecule has 0 amide bonds. The van der Waals surface area contributed by atoms with Crippen LogP contribution in [0.3, 0.4) is 0 Å². The summed E-state index contributed by atoms with van der Waals surface area (Å²) >= 11 is 0. The van der Waals surface area contributed by atoms with Gasteiger partial charge in [-0.2, -0.15) is 0 Å². The van der Waals surface area contributed by atoms with E-state index in [1.165, 1.54) is 172 Å². The van der Waals surface area contributed by atoms with E-state index < -0.39 is 31.7 Å². The van der Waals surface area contributed by atoms with Crippen molar-refractivity contribution in [3.8, 4) is 67.5 Å². The summed E-state index contributed by atoms with van der Waals surface area (Å²) < 4.78 is 23.5. The van der Waals surface area contributed by atoms with E-state index >= 15 is 0 Å². The number of anilines is 8. The first-order valence-electron chi connectivity index (χ1n) is 50.6. The molecule has 12 heteroatoms. The summed E-state index contributed by atoms with van der Waals surface area (Å²) in [6.45, 7) is 56.7. The third-order valence-electron chi connectivity index (χ3n) is 28.5. The van der Waals surface area contributed by atoms with Gasteiger partial charge in [0.05, 0.1) is 74.3 Å². The zero-order valence-corrected chi connectivity index (χ0v) is 92.3. The first-order chi connectivity index (χ1) is 67.4. The smallest absolute Gasteiger partial charge is 0.126 e. The zero-order chi connectivity index (χ0) is 101. The Hall–Kier alpha value is -11.3. The third kappa shape index (κ3) is 20.5. The first kappa shape index (κ1) is 103. The Kier molecular flexibility index (Phi) is 31.1. The molecular formula is C129H148N4O4P4. The minimum Gasteiger partial charge on any atom is -0.496 e. The second-order valence-electron chi connectivity index (χ2n) is 43.3. The monoisotopic (exact) mass is 1940 g/mol. The molecule has 728 valence electrons. The molecule has 141 heavy (non-hydrogen) atoms. The summed E-state index contributed by atoms with van der Waals surface area (Å²) in [5, 5.41) is 9.22. The summed E-state index contributed by atoms with van der Waals surface area (Å²) in [5.74, 6) is 6.84. The Bertz CT molecular complexity index is 6920. The maximum absolute atomic E-state index is 5.98. The lowest BCUT2D eigenvalue weighted by atomic mass is 9.87. The maximum atomic E-state index is 5.98. The zero-order valence-electron chi connectivity index (χ0n) is 88.8. The molecule has 19 rings (SSSR count). The SMILES string of the molecule is COc1cccc(C)c1-c1cccc2c1P(C(C)(C)C)C(C(C)C)N2c1ccccc1.COc1cccc(C)c1-c1cccc2c1P(C(C)(C)C)C(C)N2c1ccccc1.COc1cccc(C)c1-c1cccc2c1P(C(C)(C)C)C(Cc1c(C)cc(C(C)C)cc1C(C)C)N2c1ccccc1.COc1cccc(C)c1-c1cccc2c1P(C(C)(C)C)C(Cc1cccc3ccccc13)N2c1ccccc1. The van der Waals surface area contributed by atoms with Crippen LogP contribution in [0.4, 0.5) is 45.5 Å². The number of aryl methyl sites for hydroxylation is 5. The Morgan fingerprint density at radius 2 is 0.596 bits per heavy atom. The molecule has 8 atom stereocenters. The Morgan fingerprint density at radius 1 is 0.291 bits per heavy atom. The van der Waals surface area contributed by atoms with Gasteiger partial charge in [-0.3, -0.25) is 0 Å². The van der Waals surface area contributed by atoms with Crippen molar-refractivity contribution in [2.24, 2.45) is 5.92 Å². The molecule has 0 aliphatic carbocycles. The molecule has 0 N–H and O–H groups in total. The predicted octanol–water partition coefficient (Wildman–Crippen LogP) is 35.1. The third-order valence-corrected chi connectivity index (χ3v) is 42.5.